The third kappa shape index (κ3) is 4.18. The molecule has 0 spiro atoms. The molecule has 1 aliphatic rings. The SMILES string of the molecule is CC(C)(C)c1csc(CC(NN)C2CCCCS2)n1. The first-order valence-corrected chi connectivity index (χ1v) is 8.96. The van der Waals surface area contributed by atoms with Gasteiger partial charge in [-0.2, -0.15) is 11.8 Å². The second-order valence-electron chi connectivity index (χ2n) is 6.26. The highest BCUT2D eigenvalue weighted by atomic mass is 32.2. The maximum absolute atomic E-state index is 5.76. The molecule has 0 aromatic carbocycles. The van der Waals surface area contributed by atoms with Crippen LogP contribution in [-0.2, 0) is 11.8 Å². The van der Waals surface area contributed by atoms with Crippen molar-refractivity contribution in [2.24, 2.45) is 5.84 Å². The van der Waals surface area contributed by atoms with Gasteiger partial charge in [-0.3, -0.25) is 11.3 Å². The Labute approximate surface area is 124 Å². The Bertz CT molecular complexity index is 392. The second kappa shape index (κ2) is 6.57. The number of aromatic nitrogens is 1. The number of nitrogens with zero attached hydrogens (tertiary/aromatic N) is 1. The summed E-state index contributed by atoms with van der Waals surface area (Å²) in [5.41, 5.74) is 4.35. The largest absolute Gasteiger partial charge is 0.271 e. The zero-order chi connectivity index (χ0) is 13.9. The van der Waals surface area contributed by atoms with Crippen LogP contribution < -0.4 is 11.3 Å². The molecule has 3 N–H and O–H groups in total. The topological polar surface area (TPSA) is 50.9 Å². The van der Waals surface area contributed by atoms with Crippen molar-refractivity contribution in [1.29, 1.82) is 0 Å². The van der Waals surface area contributed by atoms with Crippen LogP contribution in [0.25, 0.3) is 0 Å². The summed E-state index contributed by atoms with van der Waals surface area (Å²) in [6.45, 7) is 6.63. The summed E-state index contributed by atoms with van der Waals surface area (Å²) in [4.78, 5) is 4.78. The van der Waals surface area contributed by atoms with Crippen LogP contribution in [0.1, 0.15) is 50.7 Å². The number of hydrogen-bond donors (Lipinski definition) is 2. The van der Waals surface area contributed by atoms with E-state index in [0.717, 1.165) is 6.42 Å². The highest BCUT2D eigenvalue weighted by Crippen LogP contribution is 2.30. The quantitative estimate of drug-likeness (QED) is 0.662. The smallest absolute Gasteiger partial charge is 0.0944 e. The third-order valence-corrected chi connectivity index (χ3v) is 5.98. The van der Waals surface area contributed by atoms with E-state index < -0.39 is 0 Å². The van der Waals surface area contributed by atoms with Crippen molar-refractivity contribution < 1.29 is 0 Å². The van der Waals surface area contributed by atoms with Gasteiger partial charge < -0.3 is 0 Å². The summed E-state index contributed by atoms with van der Waals surface area (Å²) >= 11 is 3.83. The summed E-state index contributed by atoms with van der Waals surface area (Å²) in [6.07, 6.45) is 4.91. The lowest BCUT2D eigenvalue weighted by Gasteiger charge is -2.28. The molecule has 2 atom stereocenters. The Kier molecular flexibility index (Phi) is 5.29. The van der Waals surface area contributed by atoms with E-state index in [1.54, 1.807) is 11.3 Å². The second-order valence-corrected chi connectivity index (χ2v) is 8.55. The number of thiazole rings is 1. The molecule has 3 nitrogen and oxygen atoms in total. The van der Waals surface area contributed by atoms with Crippen LogP contribution in [0.5, 0.6) is 0 Å². The third-order valence-electron chi connectivity index (χ3n) is 3.59. The number of nitrogens with one attached hydrogen (secondary N) is 1. The van der Waals surface area contributed by atoms with E-state index in [1.165, 1.54) is 35.7 Å². The number of nitrogens with two attached hydrogens (primary N) is 1. The normalized spacial score (nSPS) is 22.4. The lowest BCUT2D eigenvalue weighted by molar-refractivity contribution is 0.470. The maximum atomic E-state index is 5.76. The van der Waals surface area contributed by atoms with Crippen LogP contribution in [0, 0.1) is 0 Å². The molecule has 1 saturated heterocycles. The van der Waals surface area contributed by atoms with E-state index in [1.807, 2.05) is 0 Å². The van der Waals surface area contributed by atoms with Gasteiger partial charge in [-0.1, -0.05) is 27.2 Å². The zero-order valence-corrected chi connectivity index (χ0v) is 13.7. The lowest BCUT2D eigenvalue weighted by atomic mass is 9.93. The van der Waals surface area contributed by atoms with Crippen LogP contribution in [-0.4, -0.2) is 22.0 Å². The van der Waals surface area contributed by atoms with E-state index >= 15 is 0 Å². The fourth-order valence-corrected chi connectivity index (χ4v) is 4.81. The predicted molar refractivity (Wildman–Crippen MR) is 85.7 cm³/mol. The molecule has 2 heterocycles. The van der Waals surface area contributed by atoms with Crippen molar-refractivity contribution >= 4 is 23.1 Å². The number of rotatable bonds is 4. The van der Waals surface area contributed by atoms with Gasteiger partial charge in [0.05, 0.1) is 10.7 Å². The molecule has 1 aliphatic heterocycles. The summed E-state index contributed by atoms with van der Waals surface area (Å²) < 4.78 is 0. The van der Waals surface area contributed by atoms with Crippen LogP contribution in [0.3, 0.4) is 0 Å². The molecule has 0 saturated carbocycles. The van der Waals surface area contributed by atoms with Gasteiger partial charge in [-0.25, -0.2) is 4.98 Å². The summed E-state index contributed by atoms with van der Waals surface area (Å²) in [5, 5.41) is 4.04. The van der Waals surface area contributed by atoms with Gasteiger partial charge in [0.2, 0.25) is 0 Å². The first-order valence-electron chi connectivity index (χ1n) is 7.03. The van der Waals surface area contributed by atoms with Gasteiger partial charge in [-0.05, 0) is 18.6 Å². The van der Waals surface area contributed by atoms with Gasteiger partial charge in [0.15, 0.2) is 0 Å². The molecule has 1 aromatic heterocycles. The Morgan fingerprint density at radius 1 is 1.47 bits per heavy atom. The molecule has 5 heteroatoms. The lowest BCUT2D eigenvalue weighted by Crippen LogP contribution is -2.45. The highest BCUT2D eigenvalue weighted by molar-refractivity contribution is 8.00. The maximum Gasteiger partial charge on any atom is 0.0944 e. The van der Waals surface area contributed by atoms with Crippen LogP contribution in [0.15, 0.2) is 5.38 Å². The van der Waals surface area contributed by atoms with E-state index in [0.29, 0.717) is 11.3 Å². The van der Waals surface area contributed by atoms with Crippen molar-refractivity contribution in [3.8, 4) is 0 Å². The summed E-state index contributed by atoms with van der Waals surface area (Å²) in [6, 6.07) is 0.351. The Morgan fingerprint density at radius 2 is 2.26 bits per heavy atom. The van der Waals surface area contributed by atoms with Crippen molar-refractivity contribution in [3.63, 3.8) is 0 Å². The van der Waals surface area contributed by atoms with Gasteiger partial charge in [0, 0.05) is 28.5 Å². The fraction of sp³-hybridized carbons (Fsp3) is 0.786. The fourth-order valence-electron chi connectivity index (χ4n) is 2.32. The van der Waals surface area contributed by atoms with Crippen LogP contribution >= 0.6 is 23.1 Å². The highest BCUT2D eigenvalue weighted by Gasteiger charge is 2.25. The molecular weight excluding hydrogens is 274 g/mol. The first-order chi connectivity index (χ1) is 9.00. The Balaban J connectivity index is 1.99. The van der Waals surface area contributed by atoms with Crippen molar-refractivity contribution in [1.82, 2.24) is 10.4 Å². The number of hydrogen-bond acceptors (Lipinski definition) is 5. The average Bonchev–Trinajstić information content (AvgIpc) is 2.85. The van der Waals surface area contributed by atoms with Crippen LogP contribution in [0.4, 0.5) is 0 Å². The van der Waals surface area contributed by atoms with Crippen LogP contribution in [0.2, 0.25) is 0 Å². The standard InChI is InChI=1S/C14H25N3S2/c1-14(2,3)12-9-19-13(16-12)8-10(17-15)11-6-4-5-7-18-11/h9-11,17H,4-8,15H2,1-3H3. The van der Waals surface area contributed by atoms with Gasteiger partial charge >= 0.3 is 0 Å². The Hall–Kier alpha value is -0.100. The molecular formula is C14H25N3S2. The van der Waals surface area contributed by atoms with Crippen molar-refractivity contribution in [2.75, 3.05) is 5.75 Å². The van der Waals surface area contributed by atoms with E-state index in [4.69, 9.17) is 10.8 Å². The molecule has 1 fully saturated rings. The molecule has 1 aromatic rings. The predicted octanol–water partition coefficient (Wildman–Crippen LogP) is 3.10. The molecule has 0 bridgehead atoms. The number of hydrazine groups is 1. The van der Waals surface area contributed by atoms with Crippen molar-refractivity contribution in [3.05, 3.63) is 16.1 Å². The first kappa shape index (κ1) is 15.3. The minimum absolute atomic E-state index is 0.139. The molecule has 19 heavy (non-hydrogen) atoms. The minimum atomic E-state index is 0.139. The minimum Gasteiger partial charge on any atom is -0.271 e. The average molecular weight is 300 g/mol. The van der Waals surface area contributed by atoms with E-state index in [9.17, 15) is 0 Å². The van der Waals surface area contributed by atoms with E-state index in [-0.39, 0.29) is 5.41 Å². The Morgan fingerprint density at radius 3 is 2.79 bits per heavy atom. The molecule has 108 valence electrons. The molecule has 0 radical (unpaired) electrons. The molecule has 0 aliphatic carbocycles. The molecule has 2 rings (SSSR count). The van der Waals surface area contributed by atoms with Gasteiger partial charge in [-0.15, -0.1) is 11.3 Å². The summed E-state index contributed by atoms with van der Waals surface area (Å²) in [5.74, 6) is 7.03. The molecule has 0 amide bonds. The monoisotopic (exact) mass is 299 g/mol. The van der Waals surface area contributed by atoms with Crippen molar-refractivity contribution in [2.45, 2.75) is 63.2 Å². The van der Waals surface area contributed by atoms with Gasteiger partial charge in [0.1, 0.15) is 0 Å². The van der Waals surface area contributed by atoms with E-state index in [2.05, 4.69) is 43.3 Å². The van der Waals surface area contributed by atoms with Gasteiger partial charge in [0.25, 0.3) is 0 Å². The summed E-state index contributed by atoms with van der Waals surface area (Å²) in [7, 11) is 0. The zero-order valence-electron chi connectivity index (χ0n) is 12.1. The molecule has 2 unspecified atom stereocenters. The number of thioether (sulfide) groups is 1.